The molecule has 23 heavy (non-hydrogen) atoms. The number of hydrogen-bond donors (Lipinski definition) is 2. The molecular weight excluding hydrogens is 288 g/mol. The zero-order chi connectivity index (χ0) is 16.6. The molecule has 122 valence electrons. The minimum Gasteiger partial charge on any atom is -0.370 e. The fraction of sp³-hybridized carbons (Fsp3) is 0.471. The Morgan fingerprint density at radius 1 is 1.09 bits per heavy atom. The molecule has 0 amide bonds. The molecule has 0 unspecified atom stereocenters. The molecule has 0 atom stereocenters. The van der Waals surface area contributed by atoms with Crippen LogP contribution in [0.4, 0.5) is 5.82 Å². The first-order valence-electron chi connectivity index (χ1n) is 8.13. The van der Waals surface area contributed by atoms with Crippen molar-refractivity contribution in [1.29, 1.82) is 0 Å². The zero-order valence-corrected chi connectivity index (χ0v) is 14.6. The third kappa shape index (κ3) is 3.12. The third-order valence-corrected chi connectivity index (χ3v) is 3.96. The second-order valence-corrected chi connectivity index (χ2v) is 6.53. The van der Waals surface area contributed by atoms with Crippen LogP contribution in [0.25, 0.3) is 16.7 Å². The van der Waals surface area contributed by atoms with Crippen LogP contribution in [-0.4, -0.2) is 46.8 Å². The summed E-state index contributed by atoms with van der Waals surface area (Å²) in [5.74, 6) is 0.983. The van der Waals surface area contributed by atoms with Crippen molar-refractivity contribution in [2.24, 2.45) is 0 Å². The third-order valence-electron chi connectivity index (χ3n) is 3.96. The monoisotopic (exact) mass is 313 g/mol. The first-order chi connectivity index (χ1) is 11.0. The van der Waals surface area contributed by atoms with Crippen LogP contribution in [0.1, 0.15) is 23.4 Å². The molecule has 0 aliphatic rings. The molecule has 0 saturated carbocycles. The van der Waals surface area contributed by atoms with Crippen molar-refractivity contribution in [2.45, 2.75) is 27.2 Å². The molecule has 0 saturated heterocycles. The van der Waals surface area contributed by atoms with Gasteiger partial charge in [-0.3, -0.25) is 0 Å². The highest BCUT2D eigenvalue weighted by Gasteiger charge is 2.14. The molecule has 6 heteroatoms. The predicted octanol–water partition coefficient (Wildman–Crippen LogP) is 1.15. The average Bonchev–Trinajstić information content (AvgIpc) is 2.81. The standard InChI is InChI=1S/C17H24N6/c1-11-9-12(2)19-16-15(11)17-20-13(3)10-14(23(17)21-16)18-7-6-8-22(4)5/h9-10,18H,6-8H2,1-5H3/p+1. The number of nitrogens with one attached hydrogen (secondary N) is 2. The van der Waals surface area contributed by atoms with E-state index in [0.29, 0.717) is 0 Å². The molecule has 3 aromatic heterocycles. The van der Waals surface area contributed by atoms with E-state index in [4.69, 9.17) is 0 Å². The molecule has 0 fully saturated rings. The van der Waals surface area contributed by atoms with Gasteiger partial charge in [0.2, 0.25) is 0 Å². The maximum Gasteiger partial charge on any atom is 0.184 e. The van der Waals surface area contributed by atoms with Gasteiger partial charge in [0, 0.05) is 30.4 Å². The molecule has 2 N–H and O–H groups in total. The minimum atomic E-state index is 0.765. The van der Waals surface area contributed by atoms with Crippen molar-refractivity contribution in [2.75, 3.05) is 32.5 Å². The maximum absolute atomic E-state index is 4.69. The van der Waals surface area contributed by atoms with E-state index >= 15 is 0 Å². The summed E-state index contributed by atoms with van der Waals surface area (Å²) in [5.41, 5.74) is 4.79. The van der Waals surface area contributed by atoms with Gasteiger partial charge >= 0.3 is 0 Å². The van der Waals surface area contributed by atoms with Crippen LogP contribution in [-0.2, 0) is 0 Å². The van der Waals surface area contributed by atoms with E-state index in [1.165, 1.54) is 10.5 Å². The Morgan fingerprint density at radius 3 is 2.57 bits per heavy atom. The van der Waals surface area contributed by atoms with Gasteiger partial charge in [-0.1, -0.05) is 0 Å². The Balaban J connectivity index is 2.03. The van der Waals surface area contributed by atoms with Crippen molar-refractivity contribution in [3.05, 3.63) is 29.1 Å². The van der Waals surface area contributed by atoms with E-state index in [-0.39, 0.29) is 0 Å². The number of aryl methyl sites for hydroxylation is 3. The van der Waals surface area contributed by atoms with Gasteiger partial charge in [-0.25, -0.2) is 9.97 Å². The summed E-state index contributed by atoms with van der Waals surface area (Å²) in [5, 5.41) is 9.21. The number of quaternary nitrogens is 1. The van der Waals surface area contributed by atoms with Crippen LogP contribution >= 0.6 is 0 Å². The molecule has 0 aliphatic carbocycles. The Labute approximate surface area is 136 Å². The van der Waals surface area contributed by atoms with Crippen molar-refractivity contribution in [3.8, 4) is 0 Å². The van der Waals surface area contributed by atoms with Crippen LogP contribution in [0, 0.1) is 20.8 Å². The number of hydrogen-bond acceptors (Lipinski definition) is 4. The number of fused-ring (bicyclic) bond motifs is 3. The van der Waals surface area contributed by atoms with Crippen LogP contribution in [0.5, 0.6) is 0 Å². The molecule has 3 aromatic rings. The molecule has 0 bridgehead atoms. The summed E-state index contributed by atoms with van der Waals surface area (Å²) >= 11 is 0. The van der Waals surface area contributed by atoms with Crippen molar-refractivity contribution < 1.29 is 4.90 Å². The molecule has 0 spiro atoms. The quantitative estimate of drug-likeness (QED) is 0.694. The van der Waals surface area contributed by atoms with E-state index < -0.39 is 0 Å². The van der Waals surface area contributed by atoms with Gasteiger partial charge in [0.05, 0.1) is 26.0 Å². The summed E-state index contributed by atoms with van der Waals surface area (Å²) in [7, 11) is 4.34. The van der Waals surface area contributed by atoms with Gasteiger partial charge in [-0.05, 0) is 32.4 Å². The van der Waals surface area contributed by atoms with Gasteiger partial charge in [-0.15, -0.1) is 5.10 Å². The molecular formula is C17H25N6+. The highest BCUT2D eigenvalue weighted by Crippen LogP contribution is 2.24. The summed E-state index contributed by atoms with van der Waals surface area (Å²) in [6.45, 7) is 8.17. The number of rotatable bonds is 5. The SMILES string of the molecule is Cc1cc(C)c2c(n1)nn1c(NCCC[NH+](C)C)cc(C)nc21. The van der Waals surface area contributed by atoms with Crippen molar-refractivity contribution >= 4 is 22.5 Å². The van der Waals surface area contributed by atoms with E-state index in [1.54, 1.807) is 0 Å². The predicted molar refractivity (Wildman–Crippen MR) is 93.3 cm³/mol. The summed E-state index contributed by atoms with van der Waals surface area (Å²) in [6, 6.07) is 4.13. The van der Waals surface area contributed by atoms with Crippen LogP contribution < -0.4 is 10.2 Å². The van der Waals surface area contributed by atoms with Gasteiger partial charge in [0.1, 0.15) is 5.82 Å². The summed E-state index contributed by atoms with van der Waals surface area (Å²) in [6.07, 6.45) is 1.11. The molecule has 3 heterocycles. The van der Waals surface area contributed by atoms with Crippen molar-refractivity contribution in [1.82, 2.24) is 19.6 Å². The van der Waals surface area contributed by atoms with Crippen LogP contribution in [0.2, 0.25) is 0 Å². The highest BCUT2D eigenvalue weighted by molar-refractivity contribution is 5.93. The normalized spacial score (nSPS) is 11.7. The van der Waals surface area contributed by atoms with Crippen molar-refractivity contribution in [3.63, 3.8) is 0 Å². The first kappa shape index (κ1) is 15.7. The number of aromatic nitrogens is 4. The fourth-order valence-electron chi connectivity index (χ4n) is 2.93. The van der Waals surface area contributed by atoms with E-state index in [1.807, 2.05) is 24.4 Å². The lowest BCUT2D eigenvalue weighted by Crippen LogP contribution is -3.05. The summed E-state index contributed by atoms with van der Waals surface area (Å²) in [4.78, 5) is 10.7. The summed E-state index contributed by atoms with van der Waals surface area (Å²) < 4.78 is 1.89. The Bertz CT molecular complexity index is 849. The van der Waals surface area contributed by atoms with Crippen LogP contribution in [0.15, 0.2) is 12.1 Å². The maximum atomic E-state index is 4.69. The first-order valence-corrected chi connectivity index (χ1v) is 8.13. The topological polar surface area (TPSA) is 59.5 Å². The highest BCUT2D eigenvalue weighted by atomic mass is 15.3. The molecule has 0 radical (unpaired) electrons. The van der Waals surface area contributed by atoms with Gasteiger partial charge < -0.3 is 10.2 Å². The van der Waals surface area contributed by atoms with Gasteiger partial charge in [-0.2, -0.15) is 4.52 Å². The Hall–Kier alpha value is -2.21. The number of pyridine rings is 1. The number of anilines is 1. The average molecular weight is 313 g/mol. The lowest BCUT2D eigenvalue weighted by atomic mass is 10.2. The lowest BCUT2D eigenvalue weighted by molar-refractivity contribution is -0.858. The molecule has 0 aromatic carbocycles. The Kier molecular flexibility index (Phi) is 4.17. The molecule has 0 aliphatic heterocycles. The van der Waals surface area contributed by atoms with Gasteiger partial charge in [0.15, 0.2) is 11.3 Å². The fourth-order valence-corrected chi connectivity index (χ4v) is 2.93. The zero-order valence-electron chi connectivity index (χ0n) is 14.6. The second-order valence-electron chi connectivity index (χ2n) is 6.53. The van der Waals surface area contributed by atoms with E-state index in [0.717, 1.165) is 53.4 Å². The second kappa shape index (κ2) is 6.12. The largest absolute Gasteiger partial charge is 0.370 e. The smallest absolute Gasteiger partial charge is 0.184 e. The van der Waals surface area contributed by atoms with E-state index in [9.17, 15) is 0 Å². The lowest BCUT2D eigenvalue weighted by Gasteiger charge is -2.10. The number of nitrogens with zero attached hydrogens (tertiary/aromatic N) is 4. The van der Waals surface area contributed by atoms with E-state index in [2.05, 4.69) is 47.5 Å². The van der Waals surface area contributed by atoms with Gasteiger partial charge in [0.25, 0.3) is 0 Å². The minimum absolute atomic E-state index is 0.765. The Morgan fingerprint density at radius 2 is 1.83 bits per heavy atom. The molecule has 3 rings (SSSR count). The molecule has 6 nitrogen and oxygen atoms in total. The van der Waals surface area contributed by atoms with Crippen LogP contribution in [0.3, 0.4) is 0 Å².